The second-order valence-electron chi connectivity index (χ2n) is 5.09. The first-order valence-electron chi connectivity index (χ1n) is 7.26. The van der Waals surface area contributed by atoms with Crippen LogP contribution in [0, 0.1) is 0 Å². The van der Waals surface area contributed by atoms with E-state index in [1.165, 1.54) is 0 Å². The van der Waals surface area contributed by atoms with Crippen LogP contribution in [0.1, 0.15) is 35.3 Å². The highest BCUT2D eigenvalue weighted by Gasteiger charge is 2.30. The largest absolute Gasteiger partial charge is 0.508 e. The molecule has 2 rings (SSSR count). The van der Waals surface area contributed by atoms with Crippen molar-refractivity contribution in [1.82, 2.24) is 0 Å². The van der Waals surface area contributed by atoms with Crippen LogP contribution in [0.5, 0.6) is 11.5 Å². The fourth-order valence-electron chi connectivity index (χ4n) is 2.44. The summed E-state index contributed by atoms with van der Waals surface area (Å²) < 4.78 is 5.32. The second kappa shape index (κ2) is 6.98. The van der Waals surface area contributed by atoms with Gasteiger partial charge in [0.25, 0.3) is 0 Å². The third-order valence-corrected chi connectivity index (χ3v) is 3.53. The number of cyclic esters (lactones) is 1. The van der Waals surface area contributed by atoms with Crippen molar-refractivity contribution in [3.05, 3.63) is 59.2 Å². The van der Waals surface area contributed by atoms with Crippen molar-refractivity contribution in [2.24, 2.45) is 0 Å². The van der Waals surface area contributed by atoms with E-state index in [2.05, 4.69) is 0 Å². The van der Waals surface area contributed by atoms with Gasteiger partial charge >= 0.3 is 5.97 Å². The SMILES string of the molecule is C/C=C/C=C/[C@@H]1Cc2cc(O)c(C/C=C/C)c(O)c2C(=O)O1. The van der Waals surface area contributed by atoms with Crippen molar-refractivity contribution in [3.8, 4) is 11.5 Å². The summed E-state index contributed by atoms with van der Waals surface area (Å²) in [6.07, 6.45) is 11.3. The first-order valence-corrected chi connectivity index (χ1v) is 7.26. The van der Waals surface area contributed by atoms with Gasteiger partial charge in [-0.1, -0.05) is 30.4 Å². The predicted octanol–water partition coefficient (Wildman–Crippen LogP) is 3.43. The molecule has 0 saturated carbocycles. The van der Waals surface area contributed by atoms with Gasteiger partial charge in [-0.15, -0.1) is 0 Å². The van der Waals surface area contributed by atoms with Gasteiger partial charge in [0.2, 0.25) is 0 Å². The summed E-state index contributed by atoms with van der Waals surface area (Å²) in [5.74, 6) is -0.746. The highest BCUT2D eigenvalue weighted by molar-refractivity contribution is 5.96. The maximum absolute atomic E-state index is 12.2. The van der Waals surface area contributed by atoms with E-state index in [0.29, 0.717) is 24.0 Å². The molecule has 4 heteroatoms. The minimum atomic E-state index is -0.560. The van der Waals surface area contributed by atoms with Crippen LogP contribution in [-0.2, 0) is 17.6 Å². The van der Waals surface area contributed by atoms with Crippen LogP contribution in [0.25, 0.3) is 0 Å². The highest BCUT2D eigenvalue weighted by atomic mass is 16.5. The predicted molar refractivity (Wildman–Crippen MR) is 85.2 cm³/mol. The minimum absolute atomic E-state index is 0.000216. The Kier molecular flexibility index (Phi) is 5.04. The van der Waals surface area contributed by atoms with E-state index in [1.54, 1.807) is 18.2 Å². The van der Waals surface area contributed by atoms with Crippen LogP contribution >= 0.6 is 0 Å². The third kappa shape index (κ3) is 3.22. The molecule has 0 aromatic heterocycles. The van der Waals surface area contributed by atoms with Gasteiger partial charge in [-0.3, -0.25) is 0 Å². The lowest BCUT2D eigenvalue weighted by atomic mass is 9.93. The average molecular weight is 300 g/mol. The van der Waals surface area contributed by atoms with E-state index < -0.39 is 12.1 Å². The Hall–Kier alpha value is -2.49. The van der Waals surface area contributed by atoms with Gasteiger partial charge in [-0.2, -0.15) is 0 Å². The Morgan fingerprint density at radius 2 is 2.05 bits per heavy atom. The molecule has 0 unspecified atom stereocenters. The molecule has 0 aliphatic carbocycles. The maximum atomic E-state index is 12.2. The summed E-state index contributed by atoms with van der Waals surface area (Å²) in [5.41, 5.74) is 1.11. The number of ether oxygens (including phenoxy) is 1. The first kappa shape index (κ1) is 15.9. The molecule has 1 atom stereocenters. The minimum Gasteiger partial charge on any atom is -0.508 e. The number of carbonyl (C=O) groups is 1. The van der Waals surface area contributed by atoms with Crippen molar-refractivity contribution >= 4 is 5.97 Å². The van der Waals surface area contributed by atoms with Crippen LogP contribution in [0.2, 0.25) is 0 Å². The van der Waals surface area contributed by atoms with Crippen molar-refractivity contribution in [3.63, 3.8) is 0 Å². The molecule has 1 aliphatic heterocycles. The first-order chi connectivity index (χ1) is 10.6. The molecule has 0 saturated heterocycles. The van der Waals surface area contributed by atoms with Crippen molar-refractivity contribution in [2.45, 2.75) is 32.8 Å². The molecule has 116 valence electrons. The summed E-state index contributed by atoms with van der Waals surface area (Å²) in [6.45, 7) is 3.75. The van der Waals surface area contributed by atoms with E-state index in [1.807, 2.05) is 38.2 Å². The standard InChI is InChI=1S/C18H20O4/c1-3-5-7-8-13-10-12-11-15(19)14(9-6-4-2)17(20)16(12)18(21)22-13/h3-8,11,13,19-20H,9-10H2,1-2H3/b5-3+,6-4+,8-7+/t13-/m1/s1. The number of hydrogen-bond acceptors (Lipinski definition) is 4. The summed E-state index contributed by atoms with van der Waals surface area (Å²) in [4.78, 5) is 12.2. The number of allylic oxidation sites excluding steroid dienone is 5. The Labute approximate surface area is 130 Å². The Morgan fingerprint density at radius 3 is 2.73 bits per heavy atom. The summed E-state index contributed by atoms with van der Waals surface area (Å²) in [7, 11) is 0. The quantitative estimate of drug-likeness (QED) is 0.508. The van der Waals surface area contributed by atoms with Gasteiger partial charge in [0.1, 0.15) is 23.2 Å². The molecular weight excluding hydrogens is 280 g/mol. The Balaban J connectivity index is 2.38. The smallest absolute Gasteiger partial charge is 0.342 e. The zero-order chi connectivity index (χ0) is 16.1. The topological polar surface area (TPSA) is 66.8 Å². The lowest BCUT2D eigenvalue weighted by molar-refractivity contribution is 0.0353. The van der Waals surface area contributed by atoms with Crippen LogP contribution in [0.4, 0.5) is 0 Å². The van der Waals surface area contributed by atoms with E-state index in [-0.39, 0.29) is 17.1 Å². The van der Waals surface area contributed by atoms with Crippen LogP contribution < -0.4 is 0 Å². The van der Waals surface area contributed by atoms with Gasteiger partial charge < -0.3 is 14.9 Å². The lowest BCUT2D eigenvalue weighted by Crippen LogP contribution is -2.26. The van der Waals surface area contributed by atoms with E-state index in [4.69, 9.17) is 4.74 Å². The molecule has 0 spiro atoms. The lowest BCUT2D eigenvalue weighted by Gasteiger charge is -2.24. The number of phenolic OH excluding ortho intramolecular Hbond substituents is 2. The number of fused-ring (bicyclic) bond motifs is 1. The van der Waals surface area contributed by atoms with Crippen molar-refractivity contribution < 1.29 is 19.7 Å². The number of carbonyl (C=O) groups excluding carboxylic acids is 1. The number of benzene rings is 1. The molecule has 1 aliphatic rings. The second-order valence-corrected chi connectivity index (χ2v) is 5.09. The Morgan fingerprint density at radius 1 is 1.27 bits per heavy atom. The fraction of sp³-hybridized carbons (Fsp3) is 0.278. The third-order valence-electron chi connectivity index (χ3n) is 3.53. The molecule has 2 N–H and O–H groups in total. The number of rotatable bonds is 4. The molecule has 0 bridgehead atoms. The van der Waals surface area contributed by atoms with Gasteiger partial charge in [0.05, 0.1) is 0 Å². The van der Waals surface area contributed by atoms with E-state index >= 15 is 0 Å². The zero-order valence-corrected chi connectivity index (χ0v) is 12.7. The zero-order valence-electron chi connectivity index (χ0n) is 12.7. The highest BCUT2D eigenvalue weighted by Crippen LogP contribution is 2.37. The molecular formula is C18H20O4. The molecule has 0 fully saturated rings. The van der Waals surface area contributed by atoms with Gasteiger partial charge in [0, 0.05) is 12.0 Å². The van der Waals surface area contributed by atoms with Crippen LogP contribution in [-0.4, -0.2) is 22.3 Å². The van der Waals surface area contributed by atoms with Crippen LogP contribution in [0.3, 0.4) is 0 Å². The fourth-order valence-corrected chi connectivity index (χ4v) is 2.44. The molecule has 0 amide bonds. The number of phenols is 2. The molecule has 0 radical (unpaired) electrons. The monoisotopic (exact) mass is 300 g/mol. The van der Waals surface area contributed by atoms with Gasteiger partial charge in [0.15, 0.2) is 0 Å². The molecule has 1 aromatic carbocycles. The molecule has 4 nitrogen and oxygen atoms in total. The summed E-state index contributed by atoms with van der Waals surface area (Å²) >= 11 is 0. The molecule has 1 heterocycles. The van der Waals surface area contributed by atoms with E-state index in [0.717, 1.165) is 0 Å². The average Bonchev–Trinajstić information content (AvgIpc) is 2.46. The molecule has 1 aromatic rings. The van der Waals surface area contributed by atoms with Gasteiger partial charge in [-0.25, -0.2) is 4.79 Å². The van der Waals surface area contributed by atoms with Crippen molar-refractivity contribution in [1.29, 1.82) is 0 Å². The van der Waals surface area contributed by atoms with Crippen LogP contribution in [0.15, 0.2) is 42.5 Å². The maximum Gasteiger partial charge on any atom is 0.342 e. The Bertz CT molecular complexity index is 654. The summed E-state index contributed by atoms with van der Waals surface area (Å²) in [6, 6.07) is 1.55. The number of aromatic hydroxyl groups is 2. The molecule has 22 heavy (non-hydrogen) atoms. The number of esters is 1. The summed E-state index contributed by atoms with van der Waals surface area (Å²) in [5, 5.41) is 20.4. The van der Waals surface area contributed by atoms with Crippen molar-refractivity contribution in [2.75, 3.05) is 0 Å². The number of hydrogen-bond donors (Lipinski definition) is 2. The van der Waals surface area contributed by atoms with Gasteiger partial charge in [-0.05, 0) is 38.0 Å². The normalized spacial score (nSPS) is 18.3. The van der Waals surface area contributed by atoms with E-state index in [9.17, 15) is 15.0 Å².